The Morgan fingerprint density at radius 3 is 2.50 bits per heavy atom. The fraction of sp³-hybridized carbons (Fsp3) is 0.321. The third kappa shape index (κ3) is 5.82. The highest BCUT2D eigenvalue weighted by atomic mass is 32.1. The molecule has 1 saturated carbocycles. The Balaban J connectivity index is 1.46. The third-order valence-electron chi connectivity index (χ3n) is 7.09. The van der Waals surface area contributed by atoms with Gasteiger partial charge >= 0.3 is 0 Å². The number of aryl methyl sites for hydroxylation is 1. The minimum Gasteiger partial charge on any atom is -0.508 e. The van der Waals surface area contributed by atoms with Gasteiger partial charge in [0.2, 0.25) is 11.9 Å². The molecular weight excluding hydrogens is 530 g/mol. The Kier molecular flexibility index (Phi) is 7.81. The molecule has 5 rings (SSSR count). The second kappa shape index (κ2) is 11.4. The number of phenols is 1. The zero-order valence-electron chi connectivity index (χ0n) is 22.0. The number of ketones is 1. The maximum Gasteiger partial charge on any atom is 0.257 e. The van der Waals surface area contributed by atoms with E-state index in [1.165, 1.54) is 23.5 Å². The summed E-state index contributed by atoms with van der Waals surface area (Å²) in [5.41, 5.74) is 14.9. The molecule has 12 heteroatoms. The van der Waals surface area contributed by atoms with Crippen molar-refractivity contribution in [2.45, 2.75) is 57.2 Å². The van der Waals surface area contributed by atoms with Crippen LogP contribution in [0, 0.1) is 6.92 Å². The summed E-state index contributed by atoms with van der Waals surface area (Å²) in [6, 6.07) is 9.20. The standard InChI is InChI=1S/C28H31N7O4S/c1-15-14-40-28(31-15)33-23(24(37)20(29)12-16-6-9-19(36)10-7-16)26(39)34-27-32-21-13-17(25(30)38)8-11-22(21)35(27)18-4-2-3-5-18/h6-11,13-14,18,20,23,36H,2-5,12,29H2,1H3,(H2,30,38)(H,31,33)(H,32,34,39)/t20-,23-/m0/s1. The number of imidazole rings is 1. The van der Waals surface area contributed by atoms with E-state index < -0.39 is 29.7 Å². The maximum atomic E-state index is 13.8. The van der Waals surface area contributed by atoms with E-state index in [1.54, 1.807) is 30.3 Å². The van der Waals surface area contributed by atoms with Crippen LogP contribution in [0.5, 0.6) is 5.75 Å². The van der Waals surface area contributed by atoms with Gasteiger partial charge in [0.25, 0.3) is 5.91 Å². The lowest BCUT2D eigenvalue weighted by molar-refractivity contribution is -0.127. The molecule has 0 saturated heterocycles. The van der Waals surface area contributed by atoms with Gasteiger partial charge in [0.15, 0.2) is 17.0 Å². The normalized spacial score (nSPS) is 15.2. The van der Waals surface area contributed by atoms with Gasteiger partial charge in [-0.25, -0.2) is 9.97 Å². The van der Waals surface area contributed by atoms with Crippen molar-refractivity contribution in [3.05, 3.63) is 64.7 Å². The van der Waals surface area contributed by atoms with Gasteiger partial charge in [-0.2, -0.15) is 0 Å². The van der Waals surface area contributed by atoms with E-state index in [1.807, 2.05) is 16.9 Å². The number of carbonyl (C=O) groups is 3. The molecule has 0 aliphatic heterocycles. The average Bonchev–Trinajstić information content (AvgIpc) is 3.67. The van der Waals surface area contributed by atoms with E-state index in [2.05, 4.69) is 20.6 Å². The van der Waals surface area contributed by atoms with Crippen LogP contribution in [-0.4, -0.2) is 49.3 Å². The molecule has 208 valence electrons. The van der Waals surface area contributed by atoms with Crippen LogP contribution >= 0.6 is 11.3 Å². The zero-order valence-corrected chi connectivity index (χ0v) is 22.8. The number of carbonyl (C=O) groups excluding carboxylic acids is 3. The number of thiazole rings is 1. The summed E-state index contributed by atoms with van der Waals surface area (Å²) in [5, 5.41) is 17.6. The van der Waals surface area contributed by atoms with Crippen molar-refractivity contribution >= 4 is 51.0 Å². The number of anilines is 2. The molecule has 4 aromatic rings. The molecule has 1 aliphatic carbocycles. The number of nitrogens with zero attached hydrogens (tertiary/aromatic N) is 3. The van der Waals surface area contributed by atoms with Gasteiger partial charge < -0.3 is 26.5 Å². The molecule has 0 radical (unpaired) electrons. The van der Waals surface area contributed by atoms with Gasteiger partial charge in [0.05, 0.1) is 22.8 Å². The molecule has 1 aliphatic rings. The summed E-state index contributed by atoms with van der Waals surface area (Å²) in [7, 11) is 0. The van der Waals surface area contributed by atoms with Crippen LogP contribution in [0.4, 0.5) is 11.1 Å². The average molecular weight is 562 g/mol. The lowest BCUT2D eigenvalue weighted by atomic mass is 9.98. The van der Waals surface area contributed by atoms with E-state index in [9.17, 15) is 19.5 Å². The number of phenolic OH excluding ortho intramolecular Hbond substituents is 1. The number of Topliss-reactive ketones (excluding diaryl/α,β-unsaturated/α-hetero) is 1. The lowest BCUT2D eigenvalue weighted by Crippen LogP contribution is -2.50. The first-order valence-corrected chi connectivity index (χ1v) is 14.0. The van der Waals surface area contributed by atoms with Gasteiger partial charge in [0, 0.05) is 17.0 Å². The second-order valence-electron chi connectivity index (χ2n) is 10.1. The number of hydrogen-bond donors (Lipinski definition) is 5. The fourth-order valence-corrected chi connectivity index (χ4v) is 5.78. The SMILES string of the molecule is Cc1csc(N[C@H](C(=O)Nc2nc3cc(C(N)=O)ccc3n2C2CCCC2)C(=O)[C@@H](N)Cc2ccc(O)cc2)n1. The summed E-state index contributed by atoms with van der Waals surface area (Å²) >= 11 is 1.28. The summed E-state index contributed by atoms with van der Waals surface area (Å²) in [6.45, 7) is 1.82. The minimum absolute atomic E-state index is 0.106. The number of nitrogens with two attached hydrogens (primary N) is 2. The van der Waals surface area contributed by atoms with Crippen LogP contribution < -0.4 is 22.1 Å². The predicted molar refractivity (Wildman–Crippen MR) is 153 cm³/mol. The number of primary amides is 1. The van der Waals surface area contributed by atoms with Gasteiger partial charge in [-0.3, -0.25) is 19.7 Å². The number of fused-ring (bicyclic) bond motifs is 1. The molecule has 2 aromatic carbocycles. The first kappa shape index (κ1) is 27.3. The summed E-state index contributed by atoms with van der Waals surface area (Å²) in [6.07, 6.45) is 4.12. The van der Waals surface area contributed by atoms with Gasteiger partial charge in [-0.15, -0.1) is 11.3 Å². The molecule has 0 spiro atoms. The topological polar surface area (TPSA) is 178 Å². The highest BCUT2D eigenvalue weighted by Crippen LogP contribution is 2.35. The molecule has 2 heterocycles. The molecule has 40 heavy (non-hydrogen) atoms. The van der Waals surface area contributed by atoms with Gasteiger partial charge in [0.1, 0.15) is 5.75 Å². The van der Waals surface area contributed by atoms with E-state index in [0.717, 1.165) is 42.5 Å². The third-order valence-corrected chi connectivity index (χ3v) is 7.98. The maximum absolute atomic E-state index is 13.8. The van der Waals surface area contributed by atoms with Gasteiger partial charge in [-0.1, -0.05) is 25.0 Å². The van der Waals surface area contributed by atoms with Crippen molar-refractivity contribution in [1.82, 2.24) is 14.5 Å². The quantitative estimate of drug-likeness (QED) is 0.183. The largest absolute Gasteiger partial charge is 0.508 e. The van der Waals surface area contributed by atoms with Crippen molar-refractivity contribution < 1.29 is 19.5 Å². The van der Waals surface area contributed by atoms with Crippen molar-refractivity contribution in [2.75, 3.05) is 10.6 Å². The first-order valence-electron chi connectivity index (χ1n) is 13.1. The monoisotopic (exact) mass is 561 g/mol. The molecule has 1 fully saturated rings. The van der Waals surface area contributed by atoms with E-state index in [-0.39, 0.29) is 24.2 Å². The fourth-order valence-electron chi connectivity index (χ4n) is 5.06. The second-order valence-corrected chi connectivity index (χ2v) is 10.9. The Hall–Kier alpha value is -4.29. The molecule has 0 bridgehead atoms. The molecular formula is C28H31N7O4S. The zero-order chi connectivity index (χ0) is 28.4. The molecule has 2 atom stereocenters. The van der Waals surface area contributed by atoms with Crippen molar-refractivity contribution in [3.63, 3.8) is 0 Å². The van der Waals surface area contributed by atoms with Crippen LogP contribution in [0.25, 0.3) is 11.0 Å². The van der Waals surface area contributed by atoms with Crippen molar-refractivity contribution in [1.29, 1.82) is 0 Å². The smallest absolute Gasteiger partial charge is 0.257 e. The molecule has 2 amide bonds. The van der Waals surface area contributed by atoms with Crippen LogP contribution in [0.1, 0.15) is 53.3 Å². The number of amides is 2. The number of benzene rings is 2. The van der Waals surface area contributed by atoms with Crippen LogP contribution in [0.2, 0.25) is 0 Å². The lowest BCUT2D eigenvalue weighted by Gasteiger charge is -2.22. The molecule has 7 N–H and O–H groups in total. The van der Waals surface area contributed by atoms with E-state index in [4.69, 9.17) is 11.5 Å². The highest BCUT2D eigenvalue weighted by Gasteiger charge is 2.33. The number of rotatable bonds is 10. The van der Waals surface area contributed by atoms with Crippen molar-refractivity contribution in [3.8, 4) is 5.75 Å². The Morgan fingerprint density at radius 1 is 1.12 bits per heavy atom. The summed E-state index contributed by atoms with van der Waals surface area (Å²) in [5.74, 6) is -1.31. The van der Waals surface area contributed by atoms with Gasteiger partial charge in [-0.05, 0) is 62.1 Å². The molecule has 2 aromatic heterocycles. The highest BCUT2D eigenvalue weighted by molar-refractivity contribution is 7.13. The number of aromatic hydroxyl groups is 1. The van der Waals surface area contributed by atoms with E-state index >= 15 is 0 Å². The minimum atomic E-state index is -1.34. The molecule has 0 unspecified atom stereocenters. The van der Waals surface area contributed by atoms with E-state index in [0.29, 0.717) is 16.2 Å². The first-order chi connectivity index (χ1) is 19.2. The summed E-state index contributed by atoms with van der Waals surface area (Å²) in [4.78, 5) is 48.1. The van der Waals surface area contributed by atoms with Crippen LogP contribution in [-0.2, 0) is 16.0 Å². The predicted octanol–water partition coefficient (Wildman–Crippen LogP) is 3.28. The number of hydrogen-bond acceptors (Lipinski definition) is 9. The Bertz CT molecular complexity index is 1560. The summed E-state index contributed by atoms with van der Waals surface area (Å²) < 4.78 is 1.97. The van der Waals surface area contributed by atoms with Crippen LogP contribution in [0.3, 0.4) is 0 Å². The van der Waals surface area contributed by atoms with Crippen molar-refractivity contribution in [2.24, 2.45) is 11.5 Å². The van der Waals surface area contributed by atoms with Crippen LogP contribution in [0.15, 0.2) is 47.8 Å². The number of aromatic nitrogens is 3. The Morgan fingerprint density at radius 2 is 1.85 bits per heavy atom. The Labute approximate surface area is 234 Å². The number of nitrogens with one attached hydrogen (secondary N) is 2. The molecule has 11 nitrogen and oxygen atoms in total.